The predicted octanol–water partition coefficient (Wildman–Crippen LogP) is 16.2. The third-order valence-electron chi connectivity index (χ3n) is 11.8. The summed E-state index contributed by atoms with van der Waals surface area (Å²) in [4.78, 5) is 0. The zero-order valence-electron chi connectivity index (χ0n) is 43.3. The zero-order valence-corrected chi connectivity index (χ0v) is 43.3. The highest BCUT2D eigenvalue weighted by Gasteiger charge is 2.16. The minimum Gasteiger partial charge on any atom is -0.492 e. The van der Waals surface area contributed by atoms with Gasteiger partial charge in [0.1, 0.15) is 34.5 Å². The van der Waals surface area contributed by atoms with Gasteiger partial charge >= 0.3 is 0 Å². The summed E-state index contributed by atoms with van der Waals surface area (Å²) < 4.78 is 38.7. The van der Waals surface area contributed by atoms with E-state index < -0.39 is 0 Å². The van der Waals surface area contributed by atoms with Crippen molar-refractivity contribution >= 4 is 0 Å². The molecule has 0 spiro atoms. The van der Waals surface area contributed by atoms with E-state index in [9.17, 15) is 0 Å². The predicted molar refractivity (Wildman–Crippen MR) is 285 cm³/mol. The largest absolute Gasteiger partial charge is 0.492 e. The van der Waals surface area contributed by atoms with E-state index in [0.29, 0.717) is 108 Å². The van der Waals surface area contributed by atoms with E-state index in [1.54, 1.807) is 0 Å². The third kappa shape index (κ3) is 22.2. The van der Waals surface area contributed by atoms with Gasteiger partial charge in [0.05, 0.1) is 73.0 Å². The van der Waals surface area contributed by atoms with Crippen molar-refractivity contribution in [2.24, 2.45) is 0 Å². The summed E-state index contributed by atoms with van der Waals surface area (Å²) in [6, 6.07) is 11.7. The first-order chi connectivity index (χ1) is 33.5. The van der Waals surface area contributed by atoms with Crippen LogP contribution in [0.4, 0.5) is 0 Å². The van der Waals surface area contributed by atoms with Crippen LogP contribution in [0.2, 0.25) is 0 Å². The SMILES string of the molecule is C#Cc1cc(OCCCCCC)c(C#Cc2cc(OCCCCCC)c(C#Cc3cc(OCCCCCC)c(C#C)cc3OCCCCCC)cc2OCCCCCC)cc1OCCCCCC. The molecule has 0 saturated carbocycles. The molecule has 370 valence electrons. The molecule has 0 fully saturated rings. The first-order valence-electron chi connectivity index (χ1n) is 26.7. The second-order valence-electron chi connectivity index (χ2n) is 17.8. The highest BCUT2D eigenvalue weighted by atomic mass is 16.5. The van der Waals surface area contributed by atoms with Crippen molar-refractivity contribution in [3.63, 3.8) is 0 Å². The quantitative estimate of drug-likeness (QED) is 0.0428. The molecule has 0 aliphatic rings. The van der Waals surface area contributed by atoms with Gasteiger partial charge in [-0.25, -0.2) is 0 Å². The summed E-state index contributed by atoms with van der Waals surface area (Å²) in [5.41, 5.74) is 4.17. The maximum atomic E-state index is 6.61. The highest BCUT2D eigenvalue weighted by Crippen LogP contribution is 2.33. The summed E-state index contributed by atoms with van der Waals surface area (Å²) in [5.74, 6) is 23.5. The molecule has 0 aliphatic heterocycles. The molecule has 3 aromatic carbocycles. The van der Waals surface area contributed by atoms with Gasteiger partial charge in [-0.2, -0.15) is 0 Å². The van der Waals surface area contributed by atoms with E-state index in [1.165, 1.54) is 25.7 Å². The van der Waals surface area contributed by atoms with Crippen LogP contribution in [0.1, 0.15) is 229 Å². The molecule has 0 aromatic heterocycles. The van der Waals surface area contributed by atoms with Crippen LogP contribution < -0.4 is 28.4 Å². The maximum Gasteiger partial charge on any atom is 0.136 e. The lowest BCUT2D eigenvalue weighted by Gasteiger charge is -2.15. The Bertz CT molecular complexity index is 1930. The van der Waals surface area contributed by atoms with Crippen molar-refractivity contribution < 1.29 is 28.4 Å². The summed E-state index contributed by atoms with van der Waals surface area (Å²) in [5, 5.41) is 0. The Labute approximate surface area is 414 Å². The number of unbranched alkanes of at least 4 members (excludes halogenated alkanes) is 18. The second kappa shape index (κ2) is 36.7. The second-order valence-corrected chi connectivity index (χ2v) is 17.8. The lowest BCUT2D eigenvalue weighted by atomic mass is 10.1. The normalized spacial score (nSPS) is 10.5. The lowest BCUT2D eigenvalue weighted by molar-refractivity contribution is 0.295. The summed E-state index contributed by atoms with van der Waals surface area (Å²) >= 11 is 0. The van der Waals surface area contributed by atoms with Gasteiger partial charge in [0.25, 0.3) is 0 Å². The van der Waals surface area contributed by atoms with E-state index in [-0.39, 0.29) is 0 Å². The Morgan fingerprint density at radius 3 is 0.618 bits per heavy atom. The summed E-state index contributed by atoms with van der Waals surface area (Å²) in [6.07, 6.45) is 38.3. The first kappa shape index (κ1) is 57.0. The van der Waals surface area contributed by atoms with E-state index in [2.05, 4.69) is 77.1 Å². The molecular weight excluding hydrogens is 841 g/mol. The Hall–Kier alpha value is -5.30. The molecule has 0 radical (unpaired) electrons. The molecule has 0 heterocycles. The maximum absolute atomic E-state index is 6.61. The van der Waals surface area contributed by atoms with Crippen LogP contribution in [-0.2, 0) is 0 Å². The Morgan fingerprint density at radius 2 is 0.441 bits per heavy atom. The van der Waals surface area contributed by atoms with Crippen molar-refractivity contribution in [1.29, 1.82) is 0 Å². The van der Waals surface area contributed by atoms with Crippen molar-refractivity contribution in [2.75, 3.05) is 39.6 Å². The fraction of sp³-hybridized carbons (Fsp3) is 0.581. The van der Waals surface area contributed by atoms with Crippen LogP contribution >= 0.6 is 0 Å². The lowest BCUT2D eigenvalue weighted by Crippen LogP contribution is -2.04. The number of hydrogen-bond acceptors (Lipinski definition) is 6. The van der Waals surface area contributed by atoms with Crippen LogP contribution in [-0.4, -0.2) is 39.6 Å². The molecule has 0 N–H and O–H groups in total. The van der Waals surface area contributed by atoms with E-state index in [4.69, 9.17) is 41.3 Å². The van der Waals surface area contributed by atoms with Crippen molar-refractivity contribution in [2.45, 2.75) is 196 Å². The molecule has 0 aliphatic carbocycles. The van der Waals surface area contributed by atoms with Crippen LogP contribution in [0.25, 0.3) is 0 Å². The van der Waals surface area contributed by atoms with Crippen molar-refractivity contribution in [1.82, 2.24) is 0 Å². The molecule has 0 atom stereocenters. The molecule has 3 aromatic rings. The van der Waals surface area contributed by atoms with Crippen LogP contribution in [0.3, 0.4) is 0 Å². The van der Waals surface area contributed by atoms with Crippen molar-refractivity contribution in [3.8, 4) is 82.9 Å². The minimum absolute atomic E-state index is 0.556. The highest BCUT2D eigenvalue weighted by molar-refractivity contribution is 5.65. The fourth-order valence-corrected chi connectivity index (χ4v) is 7.55. The van der Waals surface area contributed by atoms with Crippen molar-refractivity contribution in [3.05, 3.63) is 69.8 Å². The van der Waals surface area contributed by atoms with Crippen LogP contribution in [0.15, 0.2) is 36.4 Å². The molecule has 0 bridgehead atoms. The van der Waals surface area contributed by atoms with Gasteiger partial charge in [0.2, 0.25) is 0 Å². The molecule has 3 rings (SSSR count). The molecule has 6 heteroatoms. The smallest absolute Gasteiger partial charge is 0.136 e. The Balaban J connectivity index is 2.22. The molecule has 0 unspecified atom stereocenters. The number of hydrogen-bond donors (Lipinski definition) is 0. The average molecular weight is 927 g/mol. The number of terminal acetylenes is 2. The summed E-state index contributed by atoms with van der Waals surface area (Å²) in [7, 11) is 0. The Kier molecular flexibility index (Phi) is 30.8. The number of benzene rings is 3. The topological polar surface area (TPSA) is 55.4 Å². The van der Waals surface area contributed by atoms with E-state index in [1.807, 2.05) is 36.4 Å². The van der Waals surface area contributed by atoms with Gasteiger partial charge < -0.3 is 28.4 Å². The minimum atomic E-state index is 0.556. The molecule has 6 nitrogen and oxygen atoms in total. The monoisotopic (exact) mass is 927 g/mol. The average Bonchev–Trinajstić information content (AvgIpc) is 3.35. The van der Waals surface area contributed by atoms with Gasteiger partial charge in [-0.1, -0.05) is 193 Å². The number of ether oxygens (including phenoxy) is 6. The summed E-state index contributed by atoms with van der Waals surface area (Å²) in [6.45, 7) is 16.7. The Morgan fingerprint density at radius 1 is 0.265 bits per heavy atom. The fourth-order valence-electron chi connectivity index (χ4n) is 7.55. The standard InChI is InChI=1S/C62H86O6/c1-9-17-23-29-39-63-57-47-53(59(45-51(57)15-7)65-41-31-25-19-11-3)35-37-55-49-62(68-44-34-28-22-14-6)56(50-61(55)67-43-33-27-21-13-5)38-36-54-48-58(64-40-30-24-18-10-2)52(16-8)46-60(54)66-42-32-26-20-12-4/h7-8,45-50H,9-14,17-34,39-44H2,1-6H3. The van der Waals surface area contributed by atoms with Gasteiger partial charge in [0.15, 0.2) is 0 Å². The van der Waals surface area contributed by atoms with Gasteiger partial charge in [0, 0.05) is 36.4 Å². The molecule has 0 saturated heterocycles. The molecule has 0 amide bonds. The van der Waals surface area contributed by atoms with Crippen LogP contribution in [0.5, 0.6) is 34.5 Å². The van der Waals surface area contributed by atoms with Gasteiger partial charge in [-0.05, 0) is 38.5 Å². The first-order valence-corrected chi connectivity index (χ1v) is 26.7. The molecule has 68 heavy (non-hydrogen) atoms. The van der Waals surface area contributed by atoms with E-state index in [0.717, 1.165) is 128 Å². The van der Waals surface area contributed by atoms with Crippen LogP contribution in [0, 0.1) is 48.4 Å². The number of rotatable bonds is 36. The molecular formula is C62H86O6. The van der Waals surface area contributed by atoms with Gasteiger partial charge in [-0.15, -0.1) is 12.8 Å². The zero-order chi connectivity index (χ0) is 48.9. The van der Waals surface area contributed by atoms with Gasteiger partial charge in [-0.3, -0.25) is 0 Å². The third-order valence-corrected chi connectivity index (χ3v) is 11.8. The van der Waals surface area contributed by atoms with E-state index >= 15 is 0 Å².